The second-order valence-electron chi connectivity index (χ2n) is 9.44. The Morgan fingerprint density at radius 2 is 2.10 bits per heavy atom. The number of aliphatic hydroxyl groups is 1. The van der Waals surface area contributed by atoms with Crippen molar-refractivity contribution in [3.63, 3.8) is 0 Å². The van der Waals surface area contributed by atoms with Crippen molar-refractivity contribution in [1.29, 1.82) is 0 Å². The van der Waals surface area contributed by atoms with Crippen LogP contribution in [0.5, 0.6) is 0 Å². The Hall–Kier alpha value is -1.77. The summed E-state index contributed by atoms with van der Waals surface area (Å²) in [5.74, 6) is 4.11. The zero-order valence-corrected chi connectivity index (χ0v) is 18.8. The molecular weight excluding hydrogens is 434 g/mol. The third-order valence-corrected chi connectivity index (χ3v) is 9.31. The average Bonchev–Trinajstić information content (AvgIpc) is 3.45. The molecule has 1 saturated heterocycles. The van der Waals surface area contributed by atoms with Crippen molar-refractivity contribution >= 4 is 34.0 Å². The van der Waals surface area contributed by atoms with E-state index >= 15 is 0 Å². The van der Waals surface area contributed by atoms with Gasteiger partial charge in [0.2, 0.25) is 0 Å². The van der Waals surface area contributed by atoms with Crippen LogP contribution in [0.2, 0.25) is 5.02 Å². The van der Waals surface area contributed by atoms with E-state index in [0.717, 1.165) is 73.0 Å². The molecule has 31 heavy (non-hydrogen) atoms. The molecule has 0 amide bonds. The van der Waals surface area contributed by atoms with Crippen molar-refractivity contribution in [2.24, 2.45) is 5.92 Å². The van der Waals surface area contributed by atoms with Gasteiger partial charge in [-0.15, -0.1) is 0 Å². The first-order valence-corrected chi connectivity index (χ1v) is 12.8. The van der Waals surface area contributed by atoms with Crippen LogP contribution in [-0.4, -0.2) is 54.8 Å². The van der Waals surface area contributed by atoms with Gasteiger partial charge in [0, 0.05) is 36.7 Å². The average molecular weight is 460 g/mol. The quantitative estimate of drug-likeness (QED) is 0.710. The first kappa shape index (κ1) is 19.9. The number of anilines is 2. The molecule has 7 nitrogen and oxygen atoms in total. The molecule has 0 spiro atoms. The van der Waals surface area contributed by atoms with Crippen LogP contribution in [0.3, 0.4) is 0 Å². The van der Waals surface area contributed by atoms with Gasteiger partial charge in [-0.2, -0.15) is 0 Å². The second kappa shape index (κ2) is 7.39. The predicted octanol–water partition coefficient (Wildman–Crippen LogP) is 2.90. The number of pyridine rings is 1. The molecule has 9 heteroatoms. The molecule has 164 valence electrons. The summed E-state index contributed by atoms with van der Waals surface area (Å²) in [6.45, 7) is 1.01. The number of nitrogens with one attached hydrogen (secondary N) is 1. The predicted molar refractivity (Wildman–Crippen MR) is 120 cm³/mol. The molecule has 3 fully saturated rings. The number of hydrogen-bond donors (Lipinski definition) is 2. The molecule has 4 unspecified atom stereocenters. The largest absolute Gasteiger partial charge is 0.394 e. The SMILES string of the molecule is O=S1CCc2cc(N3CC4CC3CC4c3ncc(Cl)cn3)nc(NC3(CO)CCC3)c21. The smallest absolute Gasteiger partial charge is 0.145 e. The van der Waals surface area contributed by atoms with Gasteiger partial charge in [-0.05, 0) is 56.1 Å². The molecule has 6 rings (SSSR count). The molecule has 2 N–H and O–H groups in total. The van der Waals surface area contributed by atoms with E-state index in [0.29, 0.717) is 28.7 Å². The Morgan fingerprint density at radius 3 is 2.74 bits per heavy atom. The second-order valence-corrected chi connectivity index (χ2v) is 11.4. The van der Waals surface area contributed by atoms with E-state index in [1.165, 1.54) is 0 Å². The Kier molecular flexibility index (Phi) is 4.74. The minimum atomic E-state index is -1.02. The maximum Gasteiger partial charge on any atom is 0.145 e. The minimum Gasteiger partial charge on any atom is -0.394 e. The van der Waals surface area contributed by atoms with Crippen molar-refractivity contribution in [2.45, 2.75) is 60.9 Å². The highest BCUT2D eigenvalue weighted by Gasteiger charge is 2.47. The van der Waals surface area contributed by atoms with E-state index in [2.05, 4.69) is 26.3 Å². The Morgan fingerprint density at radius 1 is 1.29 bits per heavy atom. The lowest BCUT2D eigenvalue weighted by Crippen LogP contribution is -2.48. The molecule has 2 aliphatic carbocycles. The number of nitrogens with zero attached hydrogens (tertiary/aromatic N) is 4. The normalized spacial score (nSPS) is 30.3. The van der Waals surface area contributed by atoms with E-state index in [1.807, 2.05) is 0 Å². The molecule has 4 aliphatic rings. The van der Waals surface area contributed by atoms with Crippen molar-refractivity contribution in [3.8, 4) is 0 Å². The number of halogens is 1. The Labute approximate surface area is 189 Å². The highest BCUT2D eigenvalue weighted by atomic mass is 35.5. The summed E-state index contributed by atoms with van der Waals surface area (Å²) in [6.07, 6.45) is 9.27. The fourth-order valence-electron chi connectivity index (χ4n) is 5.79. The van der Waals surface area contributed by atoms with Crippen molar-refractivity contribution in [1.82, 2.24) is 15.0 Å². The van der Waals surface area contributed by atoms with Crippen LogP contribution in [0.25, 0.3) is 0 Å². The van der Waals surface area contributed by atoms with E-state index in [9.17, 15) is 9.32 Å². The lowest BCUT2D eigenvalue weighted by atomic mass is 9.77. The van der Waals surface area contributed by atoms with Gasteiger partial charge < -0.3 is 15.3 Å². The Balaban J connectivity index is 1.28. The lowest BCUT2D eigenvalue weighted by molar-refractivity contribution is 0.143. The van der Waals surface area contributed by atoms with E-state index in [4.69, 9.17) is 16.6 Å². The van der Waals surface area contributed by atoms with Gasteiger partial charge in [0.15, 0.2) is 0 Å². The highest BCUT2D eigenvalue weighted by molar-refractivity contribution is 7.85. The summed E-state index contributed by atoms with van der Waals surface area (Å²) < 4.78 is 12.7. The maximum atomic E-state index is 12.7. The van der Waals surface area contributed by atoms with Crippen LogP contribution in [0.1, 0.15) is 49.4 Å². The fourth-order valence-corrected chi connectivity index (χ4v) is 7.26. The molecule has 2 aromatic heterocycles. The van der Waals surface area contributed by atoms with E-state index in [1.54, 1.807) is 12.4 Å². The number of piperidine rings is 1. The van der Waals surface area contributed by atoms with E-state index < -0.39 is 10.8 Å². The zero-order valence-electron chi connectivity index (χ0n) is 17.3. The third-order valence-electron chi connectivity index (χ3n) is 7.63. The summed E-state index contributed by atoms with van der Waals surface area (Å²) in [5, 5.41) is 14.0. The molecule has 0 radical (unpaired) electrons. The molecule has 2 aliphatic heterocycles. The molecule has 4 heterocycles. The van der Waals surface area contributed by atoms with Crippen LogP contribution in [0, 0.1) is 5.92 Å². The molecule has 2 bridgehead atoms. The molecule has 0 aromatic carbocycles. The standard InChI is InChI=1S/C22H26ClN5O2S/c23-15-9-24-20(25-10-15)17-8-16-6-14(17)11-28(16)18-7-13-2-5-31(30)19(13)21(26-18)27-22(12-29)3-1-4-22/h7,9-10,14,16-17,29H,1-6,8,11-12H2,(H,26,27). The van der Waals surface area contributed by atoms with Crippen molar-refractivity contribution in [3.05, 3.63) is 34.9 Å². The van der Waals surface area contributed by atoms with Crippen LogP contribution >= 0.6 is 11.6 Å². The first-order valence-electron chi connectivity index (χ1n) is 11.1. The van der Waals surface area contributed by atoms with Crippen LogP contribution in [0.4, 0.5) is 11.6 Å². The summed E-state index contributed by atoms with van der Waals surface area (Å²) >= 11 is 5.96. The van der Waals surface area contributed by atoms with Gasteiger partial charge in [-0.1, -0.05) is 11.6 Å². The minimum absolute atomic E-state index is 0.0809. The number of hydrogen-bond acceptors (Lipinski definition) is 7. The number of fused-ring (bicyclic) bond motifs is 3. The topological polar surface area (TPSA) is 91.2 Å². The first-order chi connectivity index (χ1) is 15.0. The maximum absolute atomic E-state index is 12.7. The van der Waals surface area contributed by atoms with Crippen LogP contribution < -0.4 is 10.2 Å². The van der Waals surface area contributed by atoms with Gasteiger partial charge >= 0.3 is 0 Å². The van der Waals surface area contributed by atoms with Gasteiger partial charge in [-0.3, -0.25) is 4.21 Å². The van der Waals surface area contributed by atoms with Gasteiger partial charge in [0.1, 0.15) is 17.5 Å². The summed E-state index contributed by atoms with van der Waals surface area (Å²) in [6, 6.07) is 2.56. The van der Waals surface area contributed by atoms with Gasteiger partial charge in [0.05, 0.1) is 32.9 Å². The fraction of sp³-hybridized carbons (Fsp3) is 0.591. The molecule has 2 aromatic rings. The summed E-state index contributed by atoms with van der Waals surface area (Å²) in [4.78, 5) is 17.2. The number of rotatable bonds is 5. The molecule has 2 saturated carbocycles. The van der Waals surface area contributed by atoms with Crippen molar-refractivity contribution in [2.75, 3.05) is 29.1 Å². The monoisotopic (exact) mass is 459 g/mol. The highest BCUT2D eigenvalue weighted by Crippen LogP contribution is 2.49. The van der Waals surface area contributed by atoms with Crippen LogP contribution in [-0.2, 0) is 17.2 Å². The van der Waals surface area contributed by atoms with Gasteiger partial charge in [0.25, 0.3) is 0 Å². The van der Waals surface area contributed by atoms with Crippen LogP contribution in [0.15, 0.2) is 23.4 Å². The molecular formula is C22H26ClN5O2S. The van der Waals surface area contributed by atoms with E-state index in [-0.39, 0.29) is 12.1 Å². The summed E-state index contributed by atoms with van der Waals surface area (Å²) in [5.41, 5.74) is 0.825. The van der Waals surface area contributed by atoms with Crippen molar-refractivity contribution < 1.29 is 9.32 Å². The molecule has 4 atom stereocenters. The van der Waals surface area contributed by atoms with Gasteiger partial charge in [-0.25, -0.2) is 15.0 Å². The number of aromatic nitrogens is 3. The summed E-state index contributed by atoms with van der Waals surface area (Å²) in [7, 11) is -1.02. The third kappa shape index (κ3) is 3.26. The number of aryl methyl sites for hydroxylation is 1. The number of aliphatic hydroxyl groups excluding tert-OH is 1. The zero-order chi connectivity index (χ0) is 21.2. The Bertz CT molecular complexity index is 1040. The lowest BCUT2D eigenvalue weighted by Gasteiger charge is -2.42.